The lowest BCUT2D eigenvalue weighted by atomic mass is 9.32. The minimum absolute atomic E-state index is 0.0309. The van der Waals surface area contributed by atoms with Crippen molar-refractivity contribution in [2.75, 3.05) is 6.54 Å². The van der Waals surface area contributed by atoms with E-state index in [0.717, 1.165) is 37.8 Å². The molecule has 1 aromatic carbocycles. The van der Waals surface area contributed by atoms with Gasteiger partial charge in [0.25, 0.3) is 0 Å². The Kier molecular flexibility index (Phi) is 10.3. The lowest BCUT2D eigenvalue weighted by Crippen LogP contribution is -2.66. The van der Waals surface area contributed by atoms with Crippen LogP contribution < -0.4 is 5.32 Å². The first kappa shape index (κ1) is 38.6. The molecule has 5 fully saturated rings. The number of hydrogen-bond donors (Lipinski definition) is 2. The number of allylic oxidation sites excluding steroid dienone is 1. The normalized spacial score (nSPS) is 39.9. The van der Waals surface area contributed by atoms with E-state index in [-0.39, 0.29) is 35.7 Å². The fourth-order valence-electron chi connectivity index (χ4n) is 14.2. The van der Waals surface area contributed by atoms with Crippen molar-refractivity contribution in [1.82, 2.24) is 5.32 Å². The minimum atomic E-state index is -0.868. The van der Waals surface area contributed by atoms with Crippen LogP contribution in [-0.4, -0.2) is 29.7 Å². The highest BCUT2D eigenvalue weighted by atomic mass is 16.5. The molecule has 0 bridgehead atoms. The van der Waals surface area contributed by atoms with Crippen LogP contribution in [0.1, 0.15) is 150 Å². The van der Waals surface area contributed by atoms with Crippen molar-refractivity contribution in [2.45, 2.75) is 158 Å². The van der Waals surface area contributed by atoms with Crippen molar-refractivity contribution in [3.8, 4) is 0 Å². The Morgan fingerprint density at radius 2 is 1.59 bits per heavy atom. The molecule has 0 aromatic heterocycles. The average Bonchev–Trinajstić information content (AvgIpc) is 3.41. The van der Waals surface area contributed by atoms with Crippen molar-refractivity contribution >= 4 is 11.9 Å². The van der Waals surface area contributed by atoms with Gasteiger partial charge in [-0.1, -0.05) is 90.4 Å². The standard InChI is InChI=1S/C46H71NO4/c1-30(2)33-17-22-46(25-26-47-29-32-13-11-31(3)12-14-32)24-23-44(9)34(40(33)46)15-16-36-43(8)20-19-37(42(6,7)35(43)18-21-45(36,44)10)51-39(50)28-41(4,5)27-38(48)49/h11-14,33-37,40,47H,1,15-29H2,2-10H3,(H,48,49)/t33-,34+,35-,36+,37-,40+,43-,44+,45+,46+/m0/s1. The first-order chi connectivity index (χ1) is 23.8. The number of rotatable bonds is 11. The number of fused-ring (bicyclic) bond motifs is 7. The molecule has 5 nitrogen and oxygen atoms in total. The molecule has 6 rings (SSSR count). The van der Waals surface area contributed by atoms with Gasteiger partial charge < -0.3 is 15.2 Å². The van der Waals surface area contributed by atoms with E-state index in [1.807, 2.05) is 13.8 Å². The predicted molar refractivity (Wildman–Crippen MR) is 207 cm³/mol. The Morgan fingerprint density at radius 3 is 2.25 bits per heavy atom. The Morgan fingerprint density at radius 1 is 0.882 bits per heavy atom. The van der Waals surface area contributed by atoms with Crippen LogP contribution in [0.3, 0.4) is 0 Å². The van der Waals surface area contributed by atoms with E-state index in [9.17, 15) is 14.7 Å². The van der Waals surface area contributed by atoms with Gasteiger partial charge in [0.15, 0.2) is 0 Å². The van der Waals surface area contributed by atoms with Crippen LogP contribution in [0.15, 0.2) is 36.4 Å². The molecule has 1 aromatic rings. The van der Waals surface area contributed by atoms with E-state index in [0.29, 0.717) is 34.0 Å². The van der Waals surface area contributed by atoms with Crippen molar-refractivity contribution in [3.63, 3.8) is 0 Å². The zero-order chi connectivity index (χ0) is 37.2. The number of carboxylic acid groups (broad SMARTS) is 1. The smallest absolute Gasteiger partial charge is 0.306 e. The second-order valence-corrected chi connectivity index (χ2v) is 20.7. The predicted octanol–water partition coefficient (Wildman–Crippen LogP) is 10.9. The van der Waals surface area contributed by atoms with Crippen molar-refractivity contribution in [3.05, 3.63) is 47.5 Å². The van der Waals surface area contributed by atoms with Crippen LogP contribution >= 0.6 is 0 Å². The van der Waals surface area contributed by atoms with E-state index in [4.69, 9.17) is 4.74 Å². The van der Waals surface area contributed by atoms with Gasteiger partial charge in [-0.25, -0.2) is 0 Å². The van der Waals surface area contributed by atoms with E-state index in [1.165, 1.54) is 74.5 Å². The molecule has 0 unspecified atom stereocenters. The molecule has 5 aliphatic carbocycles. The number of hydrogen-bond acceptors (Lipinski definition) is 4. The summed E-state index contributed by atoms with van der Waals surface area (Å²) >= 11 is 0. The zero-order valence-electron chi connectivity index (χ0n) is 33.8. The molecule has 0 heterocycles. The molecule has 5 heteroatoms. The number of ether oxygens (including phenoxy) is 1. The molecule has 5 aliphatic rings. The Hall–Kier alpha value is -2.14. The molecule has 0 amide bonds. The third-order valence-electron chi connectivity index (χ3n) is 17.0. The summed E-state index contributed by atoms with van der Waals surface area (Å²) in [7, 11) is 0. The average molecular weight is 702 g/mol. The molecule has 51 heavy (non-hydrogen) atoms. The largest absolute Gasteiger partial charge is 0.481 e. The van der Waals surface area contributed by atoms with Gasteiger partial charge in [0.1, 0.15) is 6.10 Å². The third kappa shape index (κ3) is 6.67. The van der Waals surface area contributed by atoms with E-state index >= 15 is 0 Å². The van der Waals surface area contributed by atoms with Gasteiger partial charge in [-0.2, -0.15) is 0 Å². The highest BCUT2D eigenvalue weighted by Crippen LogP contribution is 2.78. The van der Waals surface area contributed by atoms with Gasteiger partial charge in [0, 0.05) is 12.0 Å². The van der Waals surface area contributed by atoms with E-state index < -0.39 is 11.4 Å². The van der Waals surface area contributed by atoms with Crippen LogP contribution in [0, 0.1) is 69.0 Å². The number of carbonyl (C=O) groups is 2. The number of carboxylic acids is 1. The fraction of sp³-hybridized carbons (Fsp3) is 0.783. The van der Waals surface area contributed by atoms with Crippen LogP contribution in [0.4, 0.5) is 0 Å². The second kappa shape index (κ2) is 13.6. The first-order valence-corrected chi connectivity index (χ1v) is 20.6. The molecule has 0 spiro atoms. The lowest BCUT2D eigenvalue weighted by molar-refractivity contribution is -0.250. The third-order valence-corrected chi connectivity index (χ3v) is 17.0. The SMILES string of the molecule is C=C(C)[C@@H]1CC[C@]2(CCNCc3ccc(C)cc3)CC[C@]3(C)[C@H](CC[C@@H]4[C@@]5(C)CC[C@H](OC(=O)CC(C)(C)CC(=O)O)C(C)(C)[C@@H]5CC[C@]43C)[C@@H]12. The van der Waals surface area contributed by atoms with Crippen molar-refractivity contribution in [1.29, 1.82) is 0 Å². The summed E-state index contributed by atoms with van der Waals surface area (Å²) < 4.78 is 6.30. The molecule has 0 saturated heterocycles. The van der Waals surface area contributed by atoms with Crippen molar-refractivity contribution in [2.24, 2.45) is 62.1 Å². The molecule has 284 valence electrons. The molecular formula is C46H71NO4. The van der Waals surface area contributed by atoms with Crippen LogP contribution in [0.25, 0.3) is 0 Å². The Bertz CT molecular complexity index is 1480. The summed E-state index contributed by atoms with van der Waals surface area (Å²) in [6.45, 7) is 27.7. The molecule has 10 atom stereocenters. The summed E-state index contributed by atoms with van der Waals surface area (Å²) in [5.74, 6) is 2.18. The summed E-state index contributed by atoms with van der Waals surface area (Å²) in [6.07, 6.45) is 13.7. The van der Waals surface area contributed by atoms with Crippen LogP contribution in [0.2, 0.25) is 0 Å². The van der Waals surface area contributed by atoms with Gasteiger partial charge in [-0.15, -0.1) is 0 Å². The van der Waals surface area contributed by atoms with Crippen molar-refractivity contribution < 1.29 is 19.4 Å². The number of nitrogens with one attached hydrogen (secondary N) is 1. The van der Waals surface area contributed by atoms with Gasteiger partial charge >= 0.3 is 11.9 Å². The van der Waals surface area contributed by atoms with E-state index in [1.54, 1.807) is 0 Å². The number of aryl methyl sites for hydroxylation is 1. The second-order valence-electron chi connectivity index (χ2n) is 20.7. The number of benzene rings is 1. The maximum absolute atomic E-state index is 13.2. The summed E-state index contributed by atoms with van der Waals surface area (Å²) in [5, 5.41) is 13.2. The summed E-state index contributed by atoms with van der Waals surface area (Å²) in [4.78, 5) is 24.6. The maximum Gasteiger partial charge on any atom is 0.306 e. The molecule has 5 saturated carbocycles. The van der Waals surface area contributed by atoms with Crippen LogP contribution in [0.5, 0.6) is 0 Å². The Balaban J connectivity index is 1.19. The van der Waals surface area contributed by atoms with Gasteiger partial charge in [-0.05, 0) is 153 Å². The number of carbonyl (C=O) groups excluding carboxylic acids is 1. The van der Waals surface area contributed by atoms with Gasteiger partial charge in [0.05, 0.1) is 12.8 Å². The van der Waals surface area contributed by atoms with Gasteiger partial charge in [0.2, 0.25) is 0 Å². The lowest BCUT2D eigenvalue weighted by Gasteiger charge is -2.73. The molecule has 0 aliphatic heterocycles. The molecule has 2 N–H and O–H groups in total. The monoisotopic (exact) mass is 702 g/mol. The topological polar surface area (TPSA) is 75.6 Å². The highest BCUT2D eigenvalue weighted by Gasteiger charge is 2.71. The highest BCUT2D eigenvalue weighted by molar-refractivity contribution is 5.73. The summed E-state index contributed by atoms with van der Waals surface area (Å²) in [5.41, 5.74) is 4.62. The maximum atomic E-state index is 13.2. The minimum Gasteiger partial charge on any atom is -0.481 e. The first-order valence-electron chi connectivity index (χ1n) is 20.6. The zero-order valence-corrected chi connectivity index (χ0v) is 33.8. The number of aliphatic carboxylic acids is 1. The Labute approximate surface area is 310 Å². The van der Waals surface area contributed by atoms with Gasteiger partial charge in [-0.3, -0.25) is 9.59 Å². The molecular weight excluding hydrogens is 631 g/mol. The number of esters is 1. The van der Waals surface area contributed by atoms with E-state index in [2.05, 4.69) is 84.6 Å². The quantitative estimate of drug-likeness (QED) is 0.136. The summed E-state index contributed by atoms with van der Waals surface area (Å²) in [6, 6.07) is 8.98. The van der Waals surface area contributed by atoms with Crippen LogP contribution in [-0.2, 0) is 20.9 Å². The molecule has 0 radical (unpaired) electrons. The fourth-order valence-corrected chi connectivity index (χ4v) is 14.2.